The zero-order valence-electron chi connectivity index (χ0n) is 9.21. The van der Waals surface area contributed by atoms with Crippen LogP contribution in [0.15, 0.2) is 36.7 Å². The Labute approximate surface area is 108 Å². The van der Waals surface area contributed by atoms with Crippen molar-refractivity contribution in [3.05, 3.63) is 57.5 Å². The SMILES string of the molecule is O=[N+]([O-])c1cccc(CNc2cncc(Cl)n2)c1. The van der Waals surface area contributed by atoms with Crippen molar-refractivity contribution >= 4 is 23.1 Å². The molecule has 2 aromatic rings. The van der Waals surface area contributed by atoms with E-state index < -0.39 is 4.92 Å². The van der Waals surface area contributed by atoms with Crippen molar-refractivity contribution in [2.45, 2.75) is 6.54 Å². The quantitative estimate of drug-likeness (QED) is 0.678. The minimum atomic E-state index is -0.428. The zero-order valence-corrected chi connectivity index (χ0v) is 9.96. The average Bonchev–Trinajstić information content (AvgIpc) is 2.37. The normalized spacial score (nSPS) is 10.1. The number of non-ortho nitro benzene ring substituents is 1. The van der Waals surface area contributed by atoms with E-state index in [1.165, 1.54) is 24.5 Å². The molecule has 0 spiro atoms. The molecule has 0 aliphatic heterocycles. The lowest BCUT2D eigenvalue weighted by Crippen LogP contribution is -2.02. The number of aromatic nitrogens is 2. The molecule has 0 unspecified atom stereocenters. The molecular weight excluding hydrogens is 256 g/mol. The molecule has 1 N–H and O–H groups in total. The van der Waals surface area contributed by atoms with Crippen molar-refractivity contribution in [1.29, 1.82) is 0 Å². The van der Waals surface area contributed by atoms with Crippen LogP contribution in [0.4, 0.5) is 11.5 Å². The first-order valence-electron chi connectivity index (χ1n) is 5.10. The van der Waals surface area contributed by atoms with Crippen LogP contribution in [-0.4, -0.2) is 14.9 Å². The summed E-state index contributed by atoms with van der Waals surface area (Å²) in [7, 11) is 0. The Kier molecular flexibility index (Phi) is 3.69. The van der Waals surface area contributed by atoms with Crippen LogP contribution in [0.25, 0.3) is 0 Å². The van der Waals surface area contributed by atoms with Gasteiger partial charge >= 0.3 is 0 Å². The maximum atomic E-state index is 10.6. The summed E-state index contributed by atoms with van der Waals surface area (Å²) in [6, 6.07) is 6.38. The number of nitro groups is 1. The summed E-state index contributed by atoms with van der Waals surface area (Å²) in [6.07, 6.45) is 2.96. The van der Waals surface area contributed by atoms with Gasteiger partial charge in [-0.3, -0.25) is 15.1 Å². The van der Waals surface area contributed by atoms with E-state index in [-0.39, 0.29) is 5.69 Å². The topological polar surface area (TPSA) is 81.0 Å². The van der Waals surface area contributed by atoms with Crippen molar-refractivity contribution in [2.24, 2.45) is 0 Å². The van der Waals surface area contributed by atoms with E-state index in [1.807, 2.05) is 0 Å². The van der Waals surface area contributed by atoms with Gasteiger partial charge in [-0.2, -0.15) is 0 Å². The Morgan fingerprint density at radius 3 is 2.94 bits per heavy atom. The number of nitro benzene ring substituents is 1. The molecule has 92 valence electrons. The molecule has 1 aromatic heterocycles. The lowest BCUT2D eigenvalue weighted by molar-refractivity contribution is -0.384. The number of benzene rings is 1. The smallest absolute Gasteiger partial charge is 0.269 e. The van der Waals surface area contributed by atoms with Crippen molar-refractivity contribution < 1.29 is 4.92 Å². The number of anilines is 1. The summed E-state index contributed by atoms with van der Waals surface area (Å²) >= 11 is 5.69. The third-order valence-corrected chi connectivity index (χ3v) is 2.38. The molecule has 0 radical (unpaired) electrons. The molecule has 1 aromatic carbocycles. The summed E-state index contributed by atoms with van der Waals surface area (Å²) in [4.78, 5) is 18.1. The predicted molar refractivity (Wildman–Crippen MR) is 67.5 cm³/mol. The van der Waals surface area contributed by atoms with Crippen LogP contribution in [0, 0.1) is 10.1 Å². The van der Waals surface area contributed by atoms with Gasteiger partial charge in [-0.15, -0.1) is 0 Å². The number of rotatable bonds is 4. The lowest BCUT2D eigenvalue weighted by Gasteiger charge is -2.05. The molecule has 0 saturated heterocycles. The first-order valence-corrected chi connectivity index (χ1v) is 5.48. The number of hydrogen-bond donors (Lipinski definition) is 1. The largest absolute Gasteiger partial charge is 0.365 e. The Balaban J connectivity index is 2.06. The van der Waals surface area contributed by atoms with E-state index >= 15 is 0 Å². The number of nitrogens with zero attached hydrogens (tertiary/aromatic N) is 3. The van der Waals surface area contributed by atoms with E-state index in [2.05, 4.69) is 15.3 Å². The number of nitrogens with one attached hydrogen (secondary N) is 1. The van der Waals surface area contributed by atoms with Crippen LogP contribution in [0.5, 0.6) is 0 Å². The summed E-state index contributed by atoms with van der Waals surface area (Å²) < 4.78 is 0. The summed E-state index contributed by atoms with van der Waals surface area (Å²) in [6.45, 7) is 0.413. The minimum absolute atomic E-state index is 0.0616. The molecule has 0 aliphatic rings. The Bertz CT molecular complexity index is 576. The molecule has 18 heavy (non-hydrogen) atoms. The van der Waals surface area contributed by atoms with Gasteiger partial charge in [-0.25, -0.2) is 4.98 Å². The van der Waals surface area contributed by atoms with Crippen LogP contribution in [0.1, 0.15) is 5.56 Å². The molecule has 0 amide bonds. The Hall–Kier alpha value is -2.21. The standard InChI is InChI=1S/C11H9ClN4O2/c12-10-6-13-7-11(15-10)14-5-8-2-1-3-9(4-8)16(17)18/h1-4,6-7H,5H2,(H,14,15). The summed E-state index contributed by atoms with van der Waals surface area (Å²) in [5.74, 6) is 0.522. The minimum Gasteiger partial charge on any atom is -0.365 e. The first kappa shape index (κ1) is 12.3. The molecule has 0 saturated carbocycles. The highest BCUT2D eigenvalue weighted by Crippen LogP contribution is 2.14. The van der Waals surface area contributed by atoms with E-state index in [0.29, 0.717) is 17.5 Å². The Morgan fingerprint density at radius 1 is 1.39 bits per heavy atom. The van der Waals surface area contributed by atoms with Crippen LogP contribution < -0.4 is 5.32 Å². The second kappa shape index (κ2) is 5.42. The summed E-state index contributed by atoms with van der Waals surface area (Å²) in [5.41, 5.74) is 0.845. The third kappa shape index (κ3) is 3.14. The van der Waals surface area contributed by atoms with Crippen LogP contribution in [0.2, 0.25) is 5.15 Å². The van der Waals surface area contributed by atoms with Crippen molar-refractivity contribution in [2.75, 3.05) is 5.32 Å². The van der Waals surface area contributed by atoms with Gasteiger partial charge < -0.3 is 5.32 Å². The van der Waals surface area contributed by atoms with Gasteiger partial charge in [0.25, 0.3) is 5.69 Å². The molecule has 7 heteroatoms. The highest BCUT2D eigenvalue weighted by molar-refractivity contribution is 6.29. The fourth-order valence-electron chi connectivity index (χ4n) is 1.40. The highest BCUT2D eigenvalue weighted by Gasteiger charge is 2.05. The van der Waals surface area contributed by atoms with Crippen LogP contribution >= 0.6 is 11.6 Å². The highest BCUT2D eigenvalue weighted by atomic mass is 35.5. The van der Waals surface area contributed by atoms with Gasteiger partial charge in [0.2, 0.25) is 0 Å². The maximum Gasteiger partial charge on any atom is 0.269 e. The van der Waals surface area contributed by atoms with Crippen LogP contribution in [0.3, 0.4) is 0 Å². The first-order chi connectivity index (χ1) is 8.65. The van der Waals surface area contributed by atoms with Crippen LogP contribution in [-0.2, 0) is 6.54 Å². The molecule has 2 rings (SSSR count). The average molecular weight is 265 g/mol. The zero-order chi connectivity index (χ0) is 13.0. The third-order valence-electron chi connectivity index (χ3n) is 2.20. The molecule has 1 heterocycles. The van der Waals surface area contributed by atoms with Crippen molar-refractivity contribution in [1.82, 2.24) is 9.97 Å². The molecule has 0 fully saturated rings. The molecule has 0 atom stereocenters. The van der Waals surface area contributed by atoms with E-state index in [0.717, 1.165) is 5.56 Å². The van der Waals surface area contributed by atoms with E-state index in [4.69, 9.17) is 11.6 Å². The number of hydrogen-bond acceptors (Lipinski definition) is 5. The summed E-state index contributed by atoms with van der Waals surface area (Å²) in [5, 5.41) is 13.9. The lowest BCUT2D eigenvalue weighted by atomic mass is 10.2. The molecule has 0 bridgehead atoms. The van der Waals surface area contributed by atoms with E-state index in [9.17, 15) is 10.1 Å². The maximum absolute atomic E-state index is 10.6. The predicted octanol–water partition coefficient (Wildman–Crippen LogP) is 2.65. The van der Waals surface area contributed by atoms with Gasteiger partial charge in [0.05, 0.1) is 17.3 Å². The molecule has 0 aliphatic carbocycles. The van der Waals surface area contributed by atoms with Gasteiger partial charge in [-0.1, -0.05) is 23.7 Å². The Morgan fingerprint density at radius 2 is 2.22 bits per heavy atom. The molecular formula is C11H9ClN4O2. The molecule has 6 nitrogen and oxygen atoms in total. The van der Waals surface area contributed by atoms with Gasteiger partial charge in [-0.05, 0) is 5.56 Å². The van der Waals surface area contributed by atoms with Gasteiger partial charge in [0.1, 0.15) is 11.0 Å². The fraction of sp³-hybridized carbons (Fsp3) is 0.0909. The second-order valence-electron chi connectivity index (χ2n) is 3.51. The van der Waals surface area contributed by atoms with Gasteiger partial charge in [0.15, 0.2) is 0 Å². The van der Waals surface area contributed by atoms with E-state index in [1.54, 1.807) is 12.1 Å². The van der Waals surface area contributed by atoms with Crippen molar-refractivity contribution in [3.8, 4) is 0 Å². The fourth-order valence-corrected chi connectivity index (χ4v) is 1.55. The second-order valence-corrected chi connectivity index (χ2v) is 3.89. The van der Waals surface area contributed by atoms with Crippen molar-refractivity contribution in [3.63, 3.8) is 0 Å². The monoisotopic (exact) mass is 264 g/mol. The van der Waals surface area contributed by atoms with Gasteiger partial charge in [0, 0.05) is 18.7 Å². The number of halogens is 1.